The molecule has 0 aromatic rings. The molecule has 7 nitrogen and oxygen atoms in total. The zero-order valence-electron chi connectivity index (χ0n) is 10.6. The van der Waals surface area contributed by atoms with Crippen molar-refractivity contribution in [2.24, 2.45) is 5.41 Å². The summed E-state index contributed by atoms with van der Waals surface area (Å²) in [7, 11) is 0. The van der Waals surface area contributed by atoms with E-state index in [0.717, 1.165) is 0 Å². The predicted octanol–water partition coefficient (Wildman–Crippen LogP) is -1.62. The van der Waals surface area contributed by atoms with Crippen molar-refractivity contribution >= 4 is 5.97 Å². The molecule has 18 heavy (non-hydrogen) atoms. The molecule has 1 heterocycles. The largest absolute Gasteiger partial charge is 0.462 e. The third-order valence-corrected chi connectivity index (χ3v) is 2.68. The zero-order valence-corrected chi connectivity index (χ0v) is 10.6. The van der Waals surface area contributed by atoms with Gasteiger partial charge in [0.1, 0.15) is 31.0 Å². The van der Waals surface area contributed by atoms with Crippen LogP contribution in [0.25, 0.3) is 0 Å². The molecule has 0 aromatic heterocycles. The molecule has 1 saturated heterocycles. The third-order valence-electron chi connectivity index (χ3n) is 2.68. The minimum absolute atomic E-state index is 0.307. The fraction of sp³-hybridized carbons (Fsp3) is 0.909. The first-order valence-corrected chi connectivity index (χ1v) is 5.69. The monoisotopic (exact) mass is 264 g/mol. The van der Waals surface area contributed by atoms with Crippen LogP contribution in [0.1, 0.15) is 20.8 Å². The second kappa shape index (κ2) is 5.50. The smallest absolute Gasteiger partial charge is 0.311 e. The molecular weight excluding hydrogens is 244 g/mol. The minimum Gasteiger partial charge on any atom is -0.462 e. The van der Waals surface area contributed by atoms with Gasteiger partial charge in [-0.05, 0) is 20.8 Å². The number of ether oxygens (including phenoxy) is 2. The molecule has 4 N–H and O–H groups in total. The Balaban J connectivity index is 2.55. The van der Waals surface area contributed by atoms with Crippen LogP contribution in [0.2, 0.25) is 0 Å². The van der Waals surface area contributed by atoms with Crippen LogP contribution >= 0.6 is 0 Å². The van der Waals surface area contributed by atoms with E-state index < -0.39 is 42.1 Å². The van der Waals surface area contributed by atoms with Gasteiger partial charge in [0.25, 0.3) is 0 Å². The summed E-state index contributed by atoms with van der Waals surface area (Å²) in [6.07, 6.45) is -7.27. The molecule has 0 unspecified atom stereocenters. The lowest BCUT2D eigenvalue weighted by Gasteiger charge is -2.38. The molecule has 0 radical (unpaired) electrons. The van der Waals surface area contributed by atoms with Crippen molar-refractivity contribution in [3.8, 4) is 0 Å². The van der Waals surface area contributed by atoms with E-state index in [2.05, 4.69) is 0 Å². The van der Waals surface area contributed by atoms with Gasteiger partial charge in [-0.2, -0.15) is 0 Å². The highest BCUT2D eigenvalue weighted by Gasteiger charge is 2.43. The maximum atomic E-state index is 11.5. The Bertz CT molecular complexity index is 298. The maximum absolute atomic E-state index is 11.5. The Morgan fingerprint density at radius 1 is 1.11 bits per heavy atom. The lowest BCUT2D eigenvalue weighted by Crippen LogP contribution is -2.58. The number of carbonyl (C=O) groups is 1. The van der Waals surface area contributed by atoms with Gasteiger partial charge in [0.15, 0.2) is 6.29 Å². The average molecular weight is 264 g/mol. The molecule has 0 aliphatic carbocycles. The number of aliphatic hydroxyl groups excluding tert-OH is 4. The number of hydrogen-bond acceptors (Lipinski definition) is 7. The second-order valence-electron chi connectivity index (χ2n) is 5.39. The van der Waals surface area contributed by atoms with E-state index >= 15 is 0 Å². The van der Waals surface area contributed by atoms with Crippen LogP contribution in [0, 0.1) is 5.41 Å². The summed E-state index contributed by atoms with van der Waals surface area (Å²) >= 11 is 0. The first-order chi connectivity index (χ1) is 8.14. The Hall–Kier alpha value is -0.730. The maximum Gasteiger partial charge on any atom is 0.311 e. The molecule has 0 amide bonds. The summed E-state index contributed by atoms with van der Waals surface area (Å²) in [4.78, 5) is 11.5. The highest BCUT2D eigenvalue weighted by Crippen LogP contribution is 2.21. The van der Waals surface area contributed by atoms with Gasteiger partial charge >= 0.3 is 5.97 Å². The molecule has 5 atom stereocenters. The molecular formula is C11H20O7. The lowest BCUT2D eigenvalue weighted by molar-refractivity contribution is -0.287. The zero-order chi connectivity index (χ0) is 14.1. The molecule has 0 bridgehead atoms. The van der Waals surface area contributed by atoms with Crippen LogP contribution in [0.4, 0.5) is 0 Å². The molecule has 0 aromatic carbocycles. The topological polar surface area (TPSA) is 116 Å². The van der Waals surface area contributed by atoms with Gasteiger partial charge in [0, 0.05) is 0 Å². The Kier molecular flexibility index (Phi) is 4.68. The van der Waals surface area contributed by atoms with E-state index in [4.69, 9.17) is 9.47 Å². The second-order valence-corrected chi connectivity index (χ2v) is 5.39. The fourth-order valence-corrected chi connectivity index (χ4v) is 1.44. The van der Waals surface area contributed by atoms with Crippen LogP contribution in [0.5, 0.6) is 0 Å². The van der Waals surface area contributed by atoms with Gasteiger partial charge in [-0.3, -0.25) is 4.79 Å². The van der Waals surface area contributed by atoms with Crippen molar-refractivity contribution in [2.45, 2.75) is 51.5 Å². The summed E-state index contributed by atoms with van der Waals surface area (Å²) in [5, 5.41) is 37.6. The fourth-order valence-electron chi connectivity index (χ4n) is 1.44. The van der Waals surface area contributed by atoms with Crippen LogP contribution in [-0.2, 0) is 14.3 Å². The Morgan fingerprint density at radius 2 is 1.67 bits per heavy atom. The molecule has 1 fully saturated rings. The third kappa shape index (κ3) is 3.39. The van der Waals surface area contributed by atoms with Gasteiger partial charge in [0.2, 0.25) is 0 Å². The van der Waals surface area contributed by atoms with Crippen molar-refractivity contribution in [1.29, 1.82) is 0 Å². The summed E-state index contributed by atoms with van der Waals surface area (Å²) in [6, 6.07) is 0. The van der Waals surface area contributed by atoms with Crippen molar-refractivity contribution < 1.29 is 34.7 Å². The van der Waals surface area contributed by atoms with Crippen LogP contribution in [-0.4, -0.2) is 63.7 Å². The normalized spacial score (nSPS) is 37.4. The molecule has 7 heteroatoms. The number of hydrogen-bond donors (Lipinski definition) is 4. The summed E-state index contributed by atoms with van der Waals surface area (Å²) in [6.45, 7) is 4.70. The van der Waals surface area contributed by atoms with Gasteiger partial charge in [0.05, 0.1) is 5.41 Å². The van der Waals surface area contributed by atoms with Crippen molar-refractivity contribution in [3.63, 3.8) is 0 Å². The SMILES string of the molecule is CC(C)(C)C(=O)OC[C@H]1O[C@@H](O)[C@H](O)[C@@H](O)[C@@H]1O. The van der Waals surface area contributed by atoms with Crippen LogP contribution < -0.4 is 0 Å². The standard InChI is InChI=1S/C11H20O7/c1-11(2,3)10(16)17-4-5-6(12)7(13)8(14)9(15)18-5/h5-9,12-15H,4H2,1-3H3/t5-,6-,7+,8-,9-/m1/s1. The summed E-state index contributed by atoms with van der Waals surface area (Å²) in [5.41, 5.74) is -0.698. The summed E-state index contributed by atoms with van der Waals surface area (Å²) < 4.78 is 9.78. The number of carbonyl (C=O) groups excluding carboxylic acids is 1. The average Bonchev–Trinajstić information content (AvgIpc) is 2.27. The van der Waals surface area contributed by atoms with E-state index in [1.54, 1.807) is 20.8 Å². The highest BCUT2D eigenvalue weighted by molar-refractivity contribution is 5.75. The Labute approximate surface area is 105 Å². The van der Waals surface area contributed by atoms with Gasteiger partial charge in [-0.15, -0.1) is 0 Å². The lowest BCUT2D eigenvalue weighted by atomic mass is 9.97. The molecule has 106 valence electrons. The number of aliphatic hydroxyl groups is 4. The van der Waals surface area contributed by atoms with Crippen molar-refractivity contribution in [1.82, 2.24) is 0 Å². The molecule has 1 aliphatic rings. The van der Waals surface area contributed by atoms with E-state index in [1.165, 1.54) is 0 Å². The molecule has 0 saturated carbocycles. The van der Waals surface area contributed by atoms with Crippen molar-refractivity contribution in [3.05, 3.63) is 0 Å². The highest BCUT2D eigenvalue weighted by atomic mass is 16.6. The number of rotatable bonds is 2. The van der Waals surface area contributed by atoms with Crippen molar-refractivity contribution in [2.75, 3.05) is 6.61 Å². The minimum atomic E-state index is -1.62. The van der Waals surface area contributed by atoms with E-state index in [1.807, 2.05) is 0 Å². The van der Waals surface area contributed by atoms with Crippen LogP contribution in [0.15, 0.2) is 0 Å². The summed E-state index contributed by atoms with van der Waals surface area (Å²) in [5.74, 6) is -0.492. The van der Waals surface area contributed by atoms with Gasteiger partial charge in [-0.25, -0.2) is 0 Å². The first kappa shape index (κ1) is 15.3. The first-order valence-electron chi connectivity index (χ1n) is 5.69. The van der Waals surface area contributed by atoms with E-state index in [-0.39, 0.29) is 6.61 Å². The van der Waals surface area contributed by atoms with E-state index in [9.17, 15) is 25.2 Å². The quantitative estimate of drug-likeness (QED) is 0.443. The number of esters is 1. The molecule has 1 aliphatic heterocycles. The Morgan fingerprint density at radius 3 is 2.17 bits per heavy atom. The molecule has 0 spiro atoms. The predicted molar refractivity (Wildman–Crippen MR) is 59.3 cm³/mol. The molecule has 1 rings (SSSR count). The van der Waals surface area contributed by atoms with Gasteiger partial charge in [-0.1, -0.05) is 0 Å². The van der Waals surface area contributed by atoms with E-state index in [0.29, 0.717) is 0 Å². The van der Waals surface area contributed by atoms with Crippen LogP contribution in [0.3, 0.4) is 0 Å². The van der Waals surface area contributed by atoms with Gasteiger partial charge < -0.3 is 29.9 Å².